The summed E-state index contributed by atoms with van der Waals surface area (Å²) >= 11 is 0. The second-order valence-corrected chi connectivity index (χ2v) is 4.67. The minimum atomic E-state index is -0.0884. The van der Waals surface area contributed by atoms with Gasteiger partial charge >= 0.3 is 0 Å². The summed E-state index contributed by atoms with van der Waals surface area (Å²) in [4.78, 5) is 15.4. The van der Waals surface area contributed by atoms with Crippen molar-refractivity contribution in [3.63, 3.8) is 0 Å². The van der Waals surface area contributed by atoms with Gasteiger partial charge in [0.05, 0.1) is 23.6 Å². The molecule has 0 aliphatic carbocycles. The Kier molecular flexibility index (Phi) is 4.67. The van der Waals surface area contributed by atoms with E-state index < -0.39 is 0 Å². The molecule has 2 rings (SSSR count). The number of ether oxygens (including phenoxy) is 1. The number of nitrogens with zero attached hydrogens (tertiary/aromatic N) is 3. The first-order valence-electron chi connectivity index (χ1n) is 6.70. The summed E-state index contributed by atoms with van der Waals surface area (Å²) in [5, 5.41) is 13.2. The number of hydrogen-bond donors (Lipinski definition) is 1. The van der Waals surface area contributed by atoms with Gasteiger partial charge in [0, 0.05) is 17.9 Å². The van der Waals surface area contributed by atoms with E-state index in [0.29, 0.717) is 24.3 Å². The van der Waals surface area contributed by atoms with E-state index >= 15 is 0 Å². The van der Waals surface area contributed by atoms with Crippen molar-refractivity contribution < 1.29 is 9.53 Å². The Labute approximate surface area is 123 Å². The van der Waals surface area contributed by atoms with Crippen molar-refractivity contribution >= 4 is 23.7 Å². The molecule has 0 saturated carbocycles. The topological polar surface area (TPSA) is 86.8 Å². The monoisotopic (exact) mass is 284 g/mol. The zero-order chi connectivity index (χ0) is 15.2. The predicted octanol–water partition coefficient (Wildman–Crippen LogP) is 2.11. The Morgan fingerprint density at radius 1 is 1.62 bits per heavy atom. The lowest BCUT2D eigenvalue weighted by Crippen LogP contribution is -2.31. The number of amides is 1. The molecule has 0 radical (unpaired) electrons. The van der Waals surface area contributed by atoms with Crippen molar-refractivity contribution in [2.45, 2.75) is 20.3 Å². The minimum Gasteiger partial charge on any atom is -0.483 e. The van der Waals surface area contributed by atoms with Crippen molar-refractivity contribution in [1.29, 1.82) is 5.26 Å². The third kappa shape index (κ3) is 3.45. The van der Waals surface area contributed by atoms with Crippen molar-refractivity contribution in [2.75, 3.05) is 6.61 Å². The summed E-state index contributed by atoms with van der Waals surface area (Å²) in [6, 6.07) is 7.38. The van der Waals surface area contributed by atoms with E-state index in [9.17, 15) is 4.79 Å². The van der Waals surface area contributed by atoms with Gasteiger partial charge in [-0.25, -0.2) is 10.4 Å². The van der Waals surface area contributed by atoms with Crippen LogP contribution >= 0.6 is 0 Å². The van der Waals surface area contributed by atoms with Gasteiger partial charge in [0.1, 0.15) is 6.07 Å². The van der Waals surface area contributed by atoms with E-state index in [-0.39, 0.29) is 11.8 Å². The number of carbonyl (C=O) groups excluding carboxylic acids is 1. The van der Waals surface area contributed by atoms with E-state index in [0.717, 1.165) is 11.3 Å². The summed E-state index contributed by atoms with van der Waals surface area (Å²) in [7, 11) is 0. The van der Waals surface area contributed by atoms with Gasteiger partial charge in [-0.1, -0.05) is 13.0 Å². The summed E-state index contributed by atoms with van der Waals surface area (Å²) < 4.78 is 5.07. The number of hydrazone groups is 1. The van der Waals surface area contributed by atoms with Crippen LogP contribution in [0.25, 0.3) is 0 Å². The summed E-state index contributed by atoms with van der Waals surface area (Å²) in [6.45, 7) is 4.31. The first kappa shape index (κ1) is 14.7. The lowest BCUT2D eigenvalue weighted by Gasteiger charge is -2.19. The maximum Gasteiger partial charge on any atom is 0.240 e. The largest absolute Gasteiger partial charge is 0.483 e. The Hall–Kier alpha value is -2.68. The second-order valence-electron chi connectivity index (χ2n) is 4.67. The number of benzene rings is 1. The molecule has 1 N–H and O–H groups in total. The molecule has 0 saturated heterocycles. The van der Waals surface area contributed by atoms with E-state index in [1.54, 1.807) is 12.1 Å². The molecule has 0 aromatic heterocycles. The molecule has 1 aromatic carbocycles. The Morgan fingerprint density at radius 2 is 2.43 bits per heavy atom. The lowest BCUT2D eigenvalue weighted by atomic mass is 9.93. The van der Waals surface area contributed by atoms with Gasteiger partial charge < -0.3 is 4.74 Å². The van der Waals surface area contributed by atoms with Gasteiger partial charge in [0.2, 0.25) is 5.91 Å². The maximum atomic E-state index is 11.3. The van der Waals surface area contributed by atoms with E-state index in [1.165, 1.54) is 6.40 Å². The van der Waals surface area contributed by atoms with Crippen LogP contribution in [0, 0.1) is 17.2 Å². The van der Waals surface area contributed by atoms with Crippen LogP contribution in [-0.2, 0) is 9.53 Å². The fraction of sp³-hybridized carbons (Fsp3) is 0.333. The molecule has 1 atom stereocenters. The molecular formula is C15H16N4O2. The molecule has 6 nitrogen and oxygen atoms in total. The summed E-state index contributed by atoms with van der Waals surface area (Å²) in [5.41, 5.74) is 5.09. The normalized spacial score (nSPS) is 18.0. The number of rotatable bonds is 4. The molecule has 0 bridgehead atoms. The molecule has 6 heteroatoms. The van der Waals surface area contributed by atoms with Crippen LogP contribution in [0.15, 0.2) is 28.3 Å². The van der Waals surface area contributed by atoms with Gasteiger partial charge in [-0.3, -0.25) is 4.79 Å². The highest BCUT2D eigenvalue weighted by atomic mass is 16.5. The minimum absolute atomic E-state index is 0.0235. The Balaban J connectivity index is 2.36. The van der Waals surface area contributed by atoms with Crippen molar-refractivity contribution in [3.8, 4) is 6.07 Å². The Morgan fingerprint density at radius 3 is 3.10 bits per heavy atom. The van der Waals surface area contributed by atoms with E-state index in [4.69, 9.17) is 10.00 Å². The van der Waals surface area contributed by atoms with Crippen LogP contribution in [0.4, 0.5) is 5.69 Å². The van der Waals surface area contributed by atoms with Crippen LogP contribution in [0.3, 0.4) is 0 Å². The molecule has 21 heavy (non-hydrogen) atoms. The molecule has 1 amide bonds. The molecule has 108 valence electrons. The second kappa shape index (κ2) is 6.66. The first-order valence-corrected chi connectivity index (χ1v) is 6.70. The van der Waals surface area contributed by atoms with Gasteiger partial charge in [0.25, 0.3) is 0 Å². The summed E-state index contributed by atoms with van der Waals surface area (Å²) in [6.07, 6.45) is 1.73. The average Bonchev–Trinajstić information content (AvgIpc) is 2.47. The molecular weight excluding hydrogens is 268 g/mol. The van der Waals surface area contributed by atoms with Crippen molar-refractivity contribution in [1.82, 2.24) is 5.43 Å². The molecule has 0 fully saturated rings. The third-order valence-corrected chi connectivity index (χ3v) is 3.11. The zero-order valence-electron chi connectivity index (χ0n) is 12.0. The van der Waals surface area contributed by atoms with Crippen LogP contribution in [0.2, 0.25) is 0 Å². The molecule has 1 heterocycles. The molecule has 0 spiro atoms. The zero-order valence-corrected chi connectivity index (χ0v) is 12.0. The standard InChI is InChI=1S/C15H16N4O2/c1-3-21-9-17-13-7-11(4-5-12(13)8-16)15-10(2)6-14(20)18-19-15/h4-5,7,9-10H,3,6H2,1-2H3,(H,18,20)/b17-9+. The predicted molar refractivity (Wildman–Crippen MR) is 79.4 cm³/mol. The Bertz CT molecular complexity index is 644. The van der Waals surface area contributed by atoms with Gasteiger partial charge in [-0.2, -0.15) is 10.4 Å². The van der Waals surface area contributed by atoms with Crippen LogP contribution in [0.5, 0.6) is 0 Å². The number of nitriles is 1. The summed E-state index contributed by atoms with van der Waals surface area (Å²) in [5.74, 6) is -0.0649. The number of carbonyl (C=O) groups is 1. The number of hydrogen-bond acceptors (Lipinski definition) is 5. The van der Waals surface area contributed by atoms with Crippen molar-refractivity contribution in [3.05, 3.63) is 29.3 Å². The van der Waals surface area contributed by atoms with Gasteiger partial charge in [-0.15, -0.1) is 0 Å². The third-order valence-electron chi connectivity index (χ3n) is 3.11. The van der Waals surface area contributed by atoms with E-state index in [2.05, 4.69) is 21.6 Å². The first-order chi connectivity index (χ1) is 10.2. The maximum absolute atomic E-state index is 11.3. The highest BCUT2D eigenvalue weighted by Gasteiger charge is 2.22. The number of nitrogens with one attached hydrogen (secondary N) is 1. The highest BCUT2D eigenvalue weighted by molar-refractivity contribution is 6.06. The SMILES string of the molecule is CCO/C=N/c1cc(C2=NNC(=O)CC2C)ccc1C#N. The highest BCUT2D eigenvalue weighted by Crippen LogP contribution is 2.24. The van der Waals surface area contributed by atoms with Crippen LogP contribution in [-0.4, -0.2) is 24.6 Å². The molecule has 1 aromatic rings. The smallest absolute Gasteiger partial charge is 0.240 e. The molecule has 1 aliphatic rings. The van der Waals surface area contributed by atoms with Crippen LogP contribution < -0.4 is 5.43 Å². The average molecular weight is 284 g/mol. The molecule has 1 unspecified atom stereocenters. The quantitative estimate of drug-likeness (QED) is 0.678. The fourth-order valence-electron chi connectivity index (χ4n) is 2.06. The molecule has 1 aliphatic heterocycles. The van der Waals surface area contributed by atoms with E-state index in [1.807, 2.05) is 19.9 Å². The van der Waals surface area contributed by atoms with Crippen molar-refractivity contribution in [2.24, 2.45) is 16.0 Å². The fourth-order valence-corrected chi connectivity index (χ4v) is 2.06. The number of aliphatic imine (C=N–C) groups is 1. The lowest BCUT2D eigenvalue weighted by molar-refractivity contribution is -0.121. The van der Waals surface area contributed by atoms with Gasteiger partial charge in [-0.05, 0) is 19.1 Å². The van der Waals surface area contributed by atoms with Gasteiger partial charge in [0.15, 0.2) is 6.40 Å². The van der Waals surface area contributed by atoms with Crippen LogP contribution in [0.1, 0.15) is 31.4 Å².